The van der Waals surface area contributed by atoms with Gasteiger partial charge >= 0.3 is 0 Å². The Bertz CT molecular complexity index is 605. The van der Waals surface area contributed by atoms with Crippen LogP contribution in [0.2, 0.25) is 0 Å². The molecule has 0 aromatic heterocycles. The highest BCUT2D eigenvalue weighted by molar-refractivity contribution is 5.89. The molecule has 2 aromatic carbocycles. The average molecular weight is 218 g/mol. The molecule has 1 atom stereocenters. The Morgan fingerprint density at radius 2 is 1.59 bits per heavy atom. The molecule has 17 heavy (non-hydrogen) atoms. The van der Waals surface area contributed by atoms with Crippen LogP contribution in [0.25, 0.3) is 5.57 Å². The van der Waals surface area contributed by atoms with Crippen LogP contribution in [0.3, 0.4) is 0 Å². The van der Waals surface area contributed by atoms with Crippen LogP contribution < -0.4 is 0 Å². The first-order valence-corrected chi connectivity index (χ1v) is 6.33. The lowest BCUT2D eigenvalue weighted by Crippen LogP contribution is -2.09. The predicted molar refractivity (Wildman–Crippen MR) is 70.9 cm³/mol. The monoisotopic (exact) mass is 218 g/mol. The van der Waals surface area contributed by atoms with Gasteiger partial charge in [-0.05, 0) is 35.1 Å². The van der Waals surface area contributed by atoms with E-state index in [1.165, 1.54) is 29.5 Å². The topological polar surface area (TPSA) is 0 Å². The van der Waals surface area contributed by atoms with Gasteiger partial charge < -0.3 is 0 Å². The minimum Gasteiger partial charge on any atom is -0.0622 e. The van der Waals surface area contributed by atoms with E-state index >= 15 is 0 Å². The second-order valence-corrected chi connectivity index (χ2v) is 4.94. The zero-order valence-corrected chi connectivity index (χ0v) is 9.69. The third kappa shape index (κ3) is 1.18. The third-order valence-corrected chi connectivity index (χ3v) is 4.11. The predicted octanol–water partition coefficient (Wildman–Crippen LogP) is 4.38. The molecule has 0 bridgehead atoms. The summed E-state index contributed by atoms with van der Waals surface area (Å²) in [6.07, 6.45) is 2.62. The fraction of sp³-hybridized carbons (Fsp3) is 0.176. The van der Waals surface area contributed by atoms with Crippen molar-refractivity contribution in [3.63, 3.8) is 0 Å². The summed E-state index contributed by atoms with van der Waals surface area (Å²) < 4.78 is 0. The first-order valence-electron chi connectivity index (χ1n) is 6.33. The maximum Gasteiger partial charge on any atom is 0.00668 e. The van der Waals surface area contributed by atoms with E-state index in [1.807, 2.05) is 0 Å². The summed E-state index contributed by atoms with van der Waals surface area (Å²) in [6, 6.07) is 19.7. The van der Waals surface area contributed by atoms with E-state index in [1.54, 1.807) is 11.1 Å². The molecular formula is C17H14. The molecule has 0 heteroatoms. The van der Waals surface area contributed by atoms with Crippen LogP contribution in [0.5, 0.6) is 0 Å². The molecule has 1 unspecified atom stereocenters. The van der Waals surface area contributed by atoms with Crippen molar-refractivity contribution in [2.45, 2.75) is 18.8 Å². The quantitative estimate of drug-likeness (QED) is 0.666. The Hall–Kier alpha value is -1.82. The van der Waals surface area contributed by atoms with Crippen LogP contribution in [-0.2, 0) is 0 Å². The largest absolute Gasteiger partial charge is 0.0622 e. The van der Waals surface area contributed by atoms with E-state index in [9.17, 15) is 0 Å². The minimum atomic E-state index is 0.724. The van der Waals surface area contributed by atoms with Crippen molar-refractivity contribution in [1.29, 1.82) is 0 Å². The minimum absolute atomic E-state index is 0.724. The van der Waals surface area contributed by atoms with Gasteiger partial charge in [-0.25, -0.2) is 0 Å². The van der Waals surface area contributed by atoms with Gasteiger partial charge in [0, 0.05) is 5.92 Å². The average Bonchev–Trinajstić information content (AvgIpc) is 2.58. The fourth-order valence-electron chi connectivity index (χ4n) is 3.22. The van der Waals surface area contributed by atoms with Crippen LogP contribution >= 0.6 is 0 Å². The molecule has 0 saturated heterocycles. The third-order valence-electron chi connectivity index (χ3n) is 4.11. The van der Waals surface area contributed by atoms with Crippen molar-refractivity contribution in [2.24, 2.45) is 0 Å². The van der Waals surface area contributed by atoms with Crippen molar-refractivity contribution >= 4 is 5.57 Å². The highest BCUT2D eigenvalue weighted by Crippen LogP contribution is 2.54. The molecule has 0 aliphatic heterocycles. The van der Waals surface area contributed by atoms with Gasteiger partial charge in [0.05, 0.1) is 0 Å². The van der Waals surface area contributed by atoms with Crippen molar-refractivity contribution < 1.29 is 0 Å². The summed E-state index contributed by atoms with van der Waals surface area (Å²) in [4.78, 5) is 0. The zero-order valence-electron chi connectivity index (χ0n) is 9.69. The van der Waals surface area contributed by atoms with Gasteiger partial charge in [0.1, 0.15) is 0 Å². The van der Waals surface area contributed by atoms with E-state index in [4.69, 9.17) is 0 Å². The Morgan fingerprint density at radius 1 is 0.824 bits per heavy atom. The van der Waals surface area contributed by atoms with Crippen LogP contribution in [0.4, 0.5) is 0 Å². The van der Waals surface area contributed by atoms with Gasteiger partial charge in [0.25, 0.3) is 0 Å². The summed E-state index contributed by atoms with van der Waals surface area (Å²) >= 11 is 0. The molecule has 0 amide bonds. The summed E-state index contributed by atoms with van der Waals surface area (Å²) in [6.45, 7) is 0. The van der Waals surface area contributed by atoms with Gasteiger partial charge in [-0.15, -0.1) is 0 Å². The zero-order chi connectivity index (χ0) is 11.2. The van der Waals surface area contributed by atoms with Crippen LogP contribution in [0.1, 0.15) is 35.4 Å². The van der Waals surface area contributed by atoms with E-state index in [-0.39, 0.29) is 0 Å². The molecule has 1 saturated carbocycles. The van der Waals surface area contributed by atoms with Gasteiger partial charge in [0.15, 0.2) is 0 Å². The summed E-state index contributed by atoms with van der Waals surface area (Å²) in [5.41, 5.74) is 7.58. The van der Waals surface area contributed by atoms with Gasteiger partial charge in [-0.3, -0.25) is 0 Å². The van der Waals surface area contributed by atoms with Gasteiger partial charge in [-0.2, -0.15) is 0 Å². The molecule has 0 radical (unpaired) electrons. The number of hydrogen-bond donors (Lipinski definition) is 0. The molecule has 2 aliphatic carbocycles. The van der Waals surface area contributed by atoms with E-state index in [2.05, 4.69) is 54.6 Å². The Labute approximate surface area is 102 Å². The maximum atomic E-state index is 2.30. The normalized spacial score (nSPS) is 20.8. The first-order chi connectivity index (χ1) is 8.45. The van der Waals surface area contributed by atoms with Gasteiger partial charge in [-0.1, -0.05) is 60.2 Å². The lowest BCUT2D eigenvalue weighted by Gasteiger charge is -2.26. The number of allylic oxidation sites excluding steroid dienone is 1. The van der Waals surface area contributed by atoms with E-state index < -0.39 is 0 Å². The standard InChI is InChI=1S/C17H14/c1-2-6-12(7-3-1)17-15-9-5-4-8-13(15)14-10-11-16(14)17/h1-9,14H,10-11H2. The highest BCUT2D eigenvalue weighted by atomic mass is 14.4. The molecule has 82 valence electrons. The van der Waals surface area contributed by atoms with Crippen molar-refractivity contribution in [2.75, 3.05) is 0 Å². The second-order valence-electron chi connectivity index (χ2n) is 4.94. The van der Waals surface area contributed by atoms with E-state index in [0.29, 0.717) is 0 Å². The molecule has 1 fully saturated rings. The fourth-order valence-corrected chi connectivity index (χ4v) is 3.22. The second kappa shape index (κ2) is 3.33. The number of fused-ring (bicyclic) bond motifs is 3. The Morgan fingerprint density at radius 3 is 2.35 bits per heavy atom. The Balaban J connectivity index is 1.97. The van der Waals surface area contributed by atoms with Crippen LogP contribution in [0, 0.1) is 0 Å². The summed E-state index contributed by atoms with van der Waals surface area (Å²) in [5.74, 6) is 0.724. The molecule has 0 heterocycles. The smallest absolute Gasteiger partial charge is 0.00668 e. The first kappa shape index (κ1) is 9.23. The van der Waals surface area contributed by atoms with Crippen LogP contribution in [-0.4, -0.2) is 0 Å². The lowest BCUT2D eigenvalue weighted by molar-refractivity contribution is 0.579. The van der Waals surface area contributed by atoms with Crippen LogP contribution in [0.15, 0.2) is 60.2 Å². The summed E-state index contributed by atoms with van der Waals surface area (Å²) in [7, 11) is 0. The van der Waals surface area contributed by atoms with Crippen molar-refractivity contribution in [3.8, 4) is 0 Å². The number of benzene rings is 2. The molecular weight excluding hydrogens is 204 g/mol. The molecule has 2 aliphatic rings. The lowest BCUT2D eigenvalue weighted by atomic mass is 9.77. The molecule has 0 N–H and O–H groups in total. The van der Waals surface area contributed by atoms with Crippen molar-refractivity contribution in [3.05, 3.63) is 76.9 Å². The maximum absolute atomic E-state index is 2.30. The molecule has 4 rings (SSSR count). The molecule has 0 spiro atoms. The van der Waals surface area contributed by atoms with Gasteiger partial charge in [0.2, 0.25) is 0 Å². The number of hydrogen-bond acceptors (Lipinski definition) is 0. The molecule has 2 aromatic rings. The summed E-state index contributed by atoms with van der Waals surface area (Å²) in [5, 5.41) is 0. The Kier molecular flexibility index (Phi) is 1.81. The van der Waals surface area contributed by atoms with E-state index in [0.717, 1.165) is 5.92 Å². The number of rotatable bonds is 1. The highest BCUT2D eigenvalue weighted by Gasteiger charge is 2.36. The molecule has 0 nitrogen and oxygen atoms in total. The van der Waals surface area contributed by atoms with Crippen molar-refractivity contribution in [1.82, 2.24) is 0 Å². The SMILES string of the molecule is c1ccc(C2=C3CCC3c3ccccc32)cc1.